The molecule has 7 nitrogen and oxygen atoms in total. The van der Waals surface area contributed by atoms with Crippen molar-refractivity contribution < 1.29 is 29.6 Å². The molecule has 0 radical (unpaired) electrons. The Morgan fingerprint density at radius 2 is 1.82 bits per heavy atom. The van der Waals surface area contributed by atoms with E-state index in [0.717, 1.165) is 60.7 Å². The van der Waals surface area contributed by atoms with Crippen molar-refractivity contribution in [3.8, 4) is 0 Å². The minimum absolute atomic E-state index is 0.0997. The first kappa shape index (κ1) is 34.3. The van der Waals surface area contributed by atoms with Crippen LogP contribution in [0.3, 0.4) is 0 Å². The lowest BCUT2D eigenvalue weighted by Crippen LogP contribution is -2.65. The van der Waals surface area contributed by atoms with Crippen molar-refractivity contribution in [3.63, 3.8) is 0 Å². The van der Waals surface area contributed by atoms with Crippen LogP contribution in [-0.4, -0.2) is 64.6 Å². The Morgan fingerprint density at radius 3 is 2.48 bits per heavy atom. The Labute approximate surface area is 266 Å². The number of aliphatic hydroxyl groups is 3. The molecule has 1 aliphatic heterocycles. The Balaban J connectivity index is 1.25. The molecular weight excluding hydrogens is 554 g/mol. The van der Waals surface area contributed by atoms with Gasteiger partial charge in [-0.05, 0) is 110 Å². The van der Waals surface area contributed by atoms with Crippen molar-refractivity contribution in [3.05, 3.63) is 11.6 Å². The van der Waals surface area contributed by atoms with Crippen molar-refractivity contribution in [1.82, 2.24) is 5.32 Å². The summed E-state index contributed by atoms with van der Waals surface area (Å²) in [7, 11) is 0. The van der Waals surface area contributed by atoms with Gasteiger partial charge in [0, 0.05) is 6.92 Å². The minimum Gasteiger partial charge on any atom is -0.394 e. The molecule has 0 spiro atoms. The van der Waals surface area contributed by atoms with Crippen LogP contribution in [-0.2, 0) is 14.3 Å². The Hall–Kier alpha value is -0.990. The zero-order valence-electron chi connectivity index (χ0n) is 28.6. The standard InChI is InChI=1S/C37H63NO6/c1-8-24(21(2)3)10-9-22(4)28-13-14-29-27-12-11-25-19-26(15-17-36(25,6)30(27)16-18-37(28,29)7)43-35-32(38-23(5)40)34(42)33(41)31(20-39)44-35/h11,21-22,24,26-35,39,41-42H,8-10,12-20H2,1-7H3,(H,38,40)/t22-,24-,26+,27+,28-,29+,30+,31-,32-,33-,34-,35-,36+,37-/m1/s1. The van der Waals surface area contributed by atoms with Gasteiger partial charge in [-0.2, -0.15) is 0 Å². The molecule has 0 aromatic heterocycles. The lowest BCUT2D eigenvalue weighted by Gasteiger charge is -2.58. The molecule has 0 unspecified atom stereocenters. The first-order chi connectivity index (χ1) is 20.8. The maximum Gasteiger partial charge on any atom is 0.217 e. The van der Waals surface area contributed by atoms with Gasteiger partial charge in [0.05, 0.1) is 12.7 Å². The summed E-state index contributed by atoms with van der Waals surface area (Å²) in [6.07, 6.45) is 11.5. The van der Waals surface area contributed by atoms with Gasteiger partial charge in [-0.25, -0.2) is 0 Å². The number of hydrogen-bond donors (Lipinski definition) is 4. The van der Waals surface area contributed by atoms with Crippen LogP contribution in [0.5, 0.6) is 0 Å². The lowest BCUT2D eigenvalue weighted by molar-refractivity contribution is -0.284. The monoisotopic (exact) mass is 617 g/mol. The maximum atomic E-state index is 11.9. The molecule has 5 rings (SSSR count). The number of allylic oxidation sites excluding steroid dienone is 1. The fraction of sp³-hybridized carbons (Fsp3) is 0.919. The molecule has 4 aliphatic carbocycles. The second-order valence-corrected chi connectivity index (χ2v) is 16.4. The van der Waals surface area contributed by atoms with E-state index in [0.29, 0.717) is 5.41 Å². The van der Waals surface area contributed by atoms with Crippen molar-refractivity contribution in [1.29, 1.82) is 0 Å². The molecule has 0 bridgehead atoms. The fourth-order valence-corrected chi connectivity index (χ4v) is 11.2. The summed E-state index contributed by atoms with van der Waals surface area (Å²) < 4.78 is 12.4. The third kappa shape index (κ3) is 6.31. The number of nitrogens with one attached hydrogen (secondary N) is 1. The zero-order chi connectivity index (χ0) is 32.0. The summed E-state index contributed by atoms with van der Waals surface area (Å²) in [5.41, 5.74) is 2.16. The van der Waals surface area contributed by atoms with Gasteiger partial charge in [0.15, 0.2) is 6.29 Å². The predicted octanol–water partition coefficient (Wildman–Crippen LogP) is 5.99. The maximum absolute atomic E-state index is 11.9. The highest BCUT2D eigenvalue weighted by molar-refractivity contribution is 5.73. The first-order valence-corrected chi connectivity index (χ1v) is 18.1. The first-order valence-electron chi connectivity index (χ1n) is 18.1. The number of rotatable bonds is 10. The van der Waals surface area contributed by atoms with Gasteiger partial charge in [0.2, 0.25) is 5.91 Å². The summed E-state index contributed by atoms with van der Waals surface area (Å²) in [5, 5.41) is 33.6. The molecule has 14 atom stereocenters. The van der Waals surface area contributed by atoms with Crippen LogP contribution in [0, 0.1) is 52.3 Å². The quantitative estimate of drug-likeness (QED) is 0.224. The Kier molecular flexibility index (Phi) is 10.6. The van der Waals surface area contributed by atoms with E-state index in [1.807, 2.05) is 0 Å². The van der Waals surface area contributed by atoms with E-state index in [4.69, 9.17) is 9.47 Å². The molecule has 3 saturated carbocycles. The number of ether oxygens (including phenoxy) is 2. The number of hydrogen-bond acceptors (Lipinski definition) is 6. The van der Waals surface area contributed by atoms with Gasteiger partial charge in [0.1, 0.15) is 24.4 Å². The van der Waals surface area contributed by atoms with Crippen LogP contribution in [0.1, 0.15) is 119 Å². The second-order valence-electron chi connectivity index (χ2n) is 16.4. The van der Waals surface area contributed by atoms with Gasteiger partial charge in [-0.15, -0.1) is 0 Å². The number of carbonyl (C=O) groups is 1. The number of amides is 1. The van der Waals surface area contributed by atoms with E-state index in [1.165, 1.54) is 63.9 Å². The summed E-state index contributed by atoms with van der Waals surface area (Å²) in [5.74, 6) is 5.27. The normalized spacial score (nSPS) is 45.1. The summed E-state index contributed by atoms with van der Waals surface area (Å²) in [6.45, 7) is 15.8. The Morgan fingerprint density at radius 1 is 1.07 bits per heavy atom. The molecule has 252 valence electrons. The molecule has 1 heterocycles. The zero-order valence-corrected chi connectivity index (χ0v) is 28.6. The van der Waals surface area contributed by atoms with E-state index in [2.05, 4.69) is 52.9 Å². The van der Waals surface area contributed by atoms with Gasteiger partial charge in [-0.3, -0.25) is 4.79 Å². The van der Waals surface area contributed by atoms with Gasteiger partial charge in [0.25, 0.3) is 0 Å². The summed E-state index contributed by atoms with van der Waals surface area (Å²) in [6, 6.07) is -0.893. The lowest BCUT2D eigenvalue weighted by atomic mass is 9.47. The van der Waals surface area contributed by atoms with Gasteiger partial charge in [-0.1, -0.05) is 66.0 Å². The SMILES string of the molecule is CC[C@H](CC[C@@H](C)[C@H]1CC[C@H]2[C@@H]3CC=C4C[C@@H](O[C@@H]5O[C@H](CO)[C@@H](O)[C@H](O)[C@H]5NC(C)=O)CC[C@]4(C)[C@H]3CC[C@]12C)C(C)C. The molecule has 7 heteroatoms. The third-order valence-electron chi connectivity index (χ3n) is 13.9. The number of fused-ring (bicyclic) bond motifs is 5. The van der Waals surface area contributed by atoms with Crippen LogP contribution in [0.4, 0.5) is 0 Å². The summed E-state index contributed by atoms with van der Waals surface area (Å²) in [4.78, 5) is 11.9. The molecular formula is C37H63NO6. The van der Waals surface area contributed by atoms with Crippen LogP contribution in [0.15, 0.2) is 11.6 Å². The average Bonchev–Trinajstić information content (AvgIpc) is 3.34. The molecule has 5 aliphatic rings. The van der Waals surface area contributed by atoms with Crippen molar-refractivity contribution in [2.75, 3.05) is 6.61 Å². The molecule has 1 saturated heterocycles. The van der Waals surface area contributed by atoms with E-state index in [-0.39, 0.29) is 17.4 Å². The number of aliphatic hydroxyl groups excluding tert-OH is 3. The topological polar surface area (TPSA) is 108 Å². The number of carbonyl (C=O) groups excluding carboxylic acids is 1. The third-order valence-corrected chi connectivity index (χ3v) is 13.9. The van der Waals surface area contributed by atoms with E-state index in [1.54, 1.807) is 0 Å². The fourth-order valence-electron chi connectivity index (χ4n) is 11.2. The van der Waals surface area contributed by atoms with Crippen LogP contribution >= 0.6 is 0 Å². The molecule has 1 amide bonds. The van der Waals surface area contributed by atoms with Crippen molar-refractivity contribution in [2.24, 2.45) is 52.3 Å². The highest BCUT2D eigenvalue weighted by atomic mass is 16.7. The van der Waals surface area contributed by atoms with Crippen LogP contribution in [0.2, 0.25) is 0 Å². The van der Waals surface area contributed by atoms with Crippen molar-refractivity contribution >= 4 is 5.91 Å². The van der Waals surface area contributed by atoms with Crippen LogP contribution in [0.25, 0.3) is 0 Å². The van der Waals surface area contributed by atoms with E-state index < -0.39 is 37.3 Å². The molecule has 0 aromatic rings. The molecule has 4 fully saturated rings. The van der Waals surface area contributed by atoms with E-state index >= 15 is 0 Å². The molecule has 44 heavy (non-hydrogen) atoms. The van der Waals surface area contributed by atoms with E-state index in [9.17, 15) is 20.1 Å². The predicted molar refractivity (Wildman–Crippen MR) is 172 cm³/mol. The van der Waals surface area contributed by atoms with Gasteiger partial charge < -0.3 is 30.1 Å². The van der Waals surface area contributed by atoms with Crippen molar-refractivity contribution in [2.45, 2.75) is 156 Å². The molecule has 0 aromatic carbocycles. The minimum atomic E-state index is -1.30. The Bertz CT molecular complexity index is 1030. The summed E-state index contributed by atoms with van der Waals surface area (Å²) >= 11 is 0. The smallest absolute Gasteiger partial charge is 0.217 e. The van der Waals surface area contributed by atoms with Crippen LogP contribution < -0.4 is 5.32 Å². The van der Waals surface area contributed by atoms with Gasteiger partial charge >= 0.3 is 0 Å². The highest BCUT2D eigenvalue weighted by Crippen LogP contribution is 2.67. The largest absolute Gasteiger partial charge is 0.394 e. The molecule has 4 N–H and O–H groups in total. The average molecular weight is 618 g/mol. The second kappa shape index (κ2) is 13.6. The highest BCUT2D eigenvalue weighted by Gasteiger charge is 2.59.